The van der Waals surface area contributed by atoms with Gasteiger partial charge in [-0.25, -0.2) is 4.79 Å². The smallest absolute Gasteiger partial charge is 0.329 e. The van der Waals surface area contributed by atoms with E-state index in [9.17, 15) is 9.59 Å². The van der Waals surface area contributed by atoms with Crippen LogP contribution >= 0.6 is 15.9 Å². The van der Waals surface area contributed by atoms with Gasteiger partial charge in [0.2, 0.25) is 5.91 Å². The SMILES string of the molecule is NC(=O)c1ccc(NC2(C(=O)O)CC2)c(Br)c1. The Hall–Kier alpha value is -1.56. The van der Waals surface area contributed by atoms with Crippen LogP contribution in [0, 0.1) is 0 Å². The average Bonchev–Trinajstić information content (AvgIpc) is 3.02. The summed E-state index contributed by atoms with van der Waals surface area (Å²) in [6, 6.07) is 4.78. The number of carboxylic acids is 1. The van der Waals surface area contributed by atoms with E-state index in [1.54, 1.807) is 18.2 Å². The van der Waals surface area contributed by atoms with E-state index < -0.39 is 17.4 Å². The Kier molecular flexibility index (Phi) is 2.82. The van der Waals surface area contributed by atoms with Gasteiger partial charge in [-0.1, -0.05) is 0 Å². The van der Waals surface area contributed by atoms with Gasteiger partial charge < -0.3 is 16.2 Å². The van der Waals surface area contributed by atoms with Gasteiger partial charge in [-0.05, 0) is 47.0 Å². The number of anilines is 1. The van der Waals surface area contributed by atoms with Crippen LogP contribution in [0.15, 0.2) is 22.7 Å². The Bertz CT molecular complexity index is 497. The van der Waals surface area contributed by atoms with Crippen molar-refractivity contribution in [3.05, 3.63) is 28.2 Å². The second kappa shape index (κ2) is 4.03. The zero-order valence-corrected chi connectivity index (χ0v) is 10.5. The van der Waals surface area contributed by atoms with Gasteiger partial charge >= 0.3 is 5.97 Å². The van der Waals surface area contributed by atoms with E-state index in [4.69, 9.17) is 10.8 Å². The number of rotatable bonds is 4. The predicted molar refractivity (Wildman–Crippen MR) is 65.9 cm³/mol. The van der Waals surface area contributed by atoms with E-state index in [-0.39, 0.29) is 0 Å². The molecule has 0 unspecified atom stereocenters. The van der Waals surface area contributed by atoms with E-state index in [1.165, 1.54) is 0 Å². The third-order valence-corrected chi connectivity index (χ3v) is 3.44. The average molecular weight is 299 g/mol. The molecule has 1 aromatic carbocycles. The van der Waals surface area contributed by atoms with Crippen molar-refractivity contribution in [1.29, 1.82) is 0 Å². The lowest BCUT2D eigenvalue weighted by atomic mass is 10.1. The molecule has 1 aliphatic carbocycles. The van der Waals surface area contributed by atoms with E-state index in [1.807, 2.05) is 0 Å². The van der Waals surface area contributed by atoms with Crippen LogP contribution in [-0.4, -0.2) is 22.5 Å². The molecule has 0 saturated heterocycles. The maximum atomic E-state index is 11.0. The monoisotopic (exact) mass is 298 g/mol. The van der Waals surface area contributed by atoms with Gasteiger partial charge in [-0.3, -0.25) is 4.79 Å². The van der Waals surface area contributed by atoms with Crippen LogP contribution in [0.2, 0.25) is 0 Å². The number of aliphatic carboxylic acids is 1. The highest BCUT2D eigenvalue weighted by Crippen LogP contribution is 2.40. The number of nitrogens with one attached hydrogen (secondary N) is 1. The number of halogens is 1. The van der Waals surface area contributed by atoms with Crippen molar-refractivity contribution in [2.24, 2.45) is 5.73 Å². The Morgan fingerprint density at radius 2 is 2.06 bits per heavy atom. The number of primary amides is 1. The molecule has 1 fully saturated rings. The minimum Gasteiger partial charge on any atom is -0.480 e. The summed E-state index contributed by atoms with van der Waals surface area (Å²) in [7, 11) is 0. The van der Waals surface area contributed by atoms with Crippen molar-refractivity contribution in [2.45, 2.75) is 18.4 Å². The quantitative estimate of drug-likeness (QED) is 0.787. The number of carboxylic acid groups (broad SMARTS) is 1. The highest BCUT2D eigenvalue weighted by molar-refractivity contribution is 9.10. The van der Waals surface area contributed by atoms with Crippen molar-refractivity contribution in [2.75, 3.05) is 5.32 Å². The molecular weight excluding hydrogens is 288 g/mol. The topological polar surface area (TPSA) is 92.4 Å². The second-order valence-corrected chi connectivity index (χ2v) is 4.93. The normalized spacial score (nSPS) is 16.3. The minimum absolute atomic E-state index is 0.377. The van der Waals surface area contributed by atoms with Gasteiger partial charge in [-0.15, -0.1) is 0 Å². The number of hydrogen-bond acceptors (Lipinski definition) is 3. The second-order valence-electron chi connectivity index (χ2n) is 4.07. The number of amides is 1. The summed E-state index contributed by atoms with van der Waals surface area (Å²) < 4.78 is 0.626. The van der Waals surface area contributed by atoms with Gasteiger partial charge in [0.25, 0.3) is 0 Å². The van der Waals surface area contributed by atoms with Crippen molar-refractivity contribution < 1.29 is 14.7 Å². The molecule has 1 aliphatic rings. The summed E-state index contributed by atoms with van der Waals surface area (Å²) in [5, 5.41) is 12.0. The lowest BCUT2D eigenvalue weighted by molar-refractivity contribution is -0.138. The highest BCUT2D eigenvalue weighted by atomic mass is 79.9. The maximum Gasteiger partial charge on any atom is 0.329 e. The fourth-order valence-corrected chi connectivity index (χ4v) is 2.02. The van der Waals surface area contributed by atoms with Gasteiger partial charge in [0.15, 0.2) is 0 Å². The fraction of sp³-hybridized carbons (Fsp3) is 0.273. The number of nitrogens with two attached hydrogens (primary N) is 1. The zero-order valence-electron chi connectivity index (χ0n) is 8.87. The number of benzene rings is 1. The van der Waals surface area contributed by atoms with E-state index >= 15 is 0 Å². The molecule has 17 heavy (non-hydrogen) atoms. The molecule has 5 nitrogen and oxygen atoms in total. The first-order valence-corrected chi connectivity index (χ1v) is 5.85. The van der Waals surface area contributed by atoms with E-state index in [2.05, 4.69) is 21.2 Å². The zero-order chi connectivity index (χ0) is 12.6. The maximum absolute atomic E-state index is 11.0. The Balaban J connectivity index is 2.23. The molecule has 0 bridgehead atoms. The highest BCUT2D eigenvalue weighted by Gasteiger charge is 2.50. The first kappa shape index (κ1) is 11.9. The third-order valence-electron chi connectivity index (χ3n) is 2.79. The summed E-state index contributed by atoms with van der Waals surface area (Å²) in [6.45, 7) is 0. The van der Waals surface area contributed by atoms with Crippen LogP contribution in [0.5, 0.6) is 0 Å². The lowest BCUT2D eigenvalue weighted by Crippen LogP contribution is -2.31. The predicted octanol–water partition coefficient (Wildman–Crippen LogP) is 1.58. The van der Waals surface area contributed by atoms with E-state index in [0.29, 0.717) is 28.6 Å². The van der Waals surface area contributed by atoms with Gasteiger partial charge in [-0.2, -0.15) is 0 Å². The Labute approximate surface area is 106 Å². The molecule has 1 amide bonds. The Morgan fingerprint density at radius 1 is 1.41 bits per heavy atom. The molecule has 0 aliphatic heterocycles. The minimum atomic E-state index is -0.858. The lowest BCUT2D eigenvalue weighted by Gasteiger charge is -2.15. The summed E-state index contributed by atoms with van der Waals surface area (Å²) in [6.07, 6.45) is 1.21. The van der Waals surface area contributed by atoms with Crippen LogP contribution in [0.4, 0.5) is 5.69 Å². The molecule has 6 heteroatoms. The van der Waals surface area contributed by atoms with Crippen LogP contribution in [0.25, 0.3) is 0 Å². The third kappa shape index (κ3) is 2.26. The molecular formula is C11H11BrN2O3. The van der Waals surface area contributed by atoms with Crippen molar-refractivity contribution in [3.8, 4) is 0 Å². The summed E-state index contributed by atoms with van der Waals surface area (Å²) in [5.74, 6) is -1.38. The summed E-state index contributed by atoms with van der Waals surface area (Å²) in [4.78, 5) is 22.0. The first-order chi connectivity index (χ1) is 7.94. The van der Waals surface area contributed by atoms with Crippen molar-refractivity contribution in [3.63, 3.8) is 0 Å². The number of carbonyl (C=O) groups is 2. The van der Waals surface area contributed by atoms with Crippen LogP contribution < -0.4 is 11.1 Å². The van der Waals surface area contributed by atoms with Gasteiger partial charge in [0.1, 0.15) is 5.54 Å². The molecule has 0 aromatic heterocycles. The van der Waals surface area contributed by atoms with Crippen LogP contribution in [0.3, 0.4) is 0 Å². The molecule has 1 saturated carbocycles. The van der Waals surface area contributed by atoms with Crippen molar-refractivity contribution in [1.82, 2.24) is 0 Å². The molecule has 1 aromatic rings. The van der Waals surface area contributed by atoms with Crippen LogP contribution in [0.1, 0.15) is 23.2 Å². The summed E-state index contributed by atoms with van der Waals surface area (Å²) >= 11 is 3.28. The largest absolute Gasteiger partial charge is 0.480 e. The van der Waals surface area contributed by atoms with E-state index in [0.717, 1.165) is 0 Å². The molecule has 4 N–H and O–H groups in total. The number of carbonyl (C=O) groups excluding carboxylic acids is 1. The first-order valence-electron chi connectivity index (χ1n) is 5.05. The molecule has 0 heterocycles. The molecule has 0 radical (unpaired) electrons. The van der Waals surface area contributed by atoms with Crippen molar-refractivity contribution >= 4 is 33.5 Å². The molecule has 0 spiro atoms. The molecule has 0 atom stereocenters. The molecule has 2 rings (SSSR count). The Morgan fingerprint density at radius 3 is 2.47 bits per heavy atom. The fourth-order valence-electron chi connectivity index (χ4n) is 1.54. The summed E-state index contributed by atoms with van der Waals surface area (Å²) in [5.41, 5.74) is 5.32. The molecule has 90 valence electrons. The standard InChI is InChI=1S/C11H11BrN2O3/c12-7-5-6(9(13)15)1-2-8(7)14-11(3-4-11)10(16)17/h1-2,5,14H,3-4H2,(H2,13,15)(H,16,17). The van der Waals surface area contributed by atoms with Gasteiger partial charge in [0, 0.05) is 15.7 Å². The van der Waals surface area contributed by atoms with Gasteiger partial charge in [0.05, 0.1) is 0 Å². The number of hydrogen-bond donors (Lipinski definition) is 3. The van der Waals surface area contributed by atoms with Crippen LogP contribution in [-0.2, 0) is 4.79 Å².